The Morgan fingerprint density at radius 3 is 2.42 bits per heavy atom. The normalized spacial score (nSPS) is 15.5. The average molecular weight is 353 g/mol. The fraction of sp³-hybridized carbons (Fsp3) is 0.381. The molecule has 2 aromatic rings. The third kappa shape index (κ3) is 4.35. The average Bonchev–Trinajstić information content (AvgIpc) is 2.69. The van der Waals surface area contributed by atoms with E-state index in [2.05, 4.69) is 33.8 Å². The van der Waals surface area contributed by atoms with Crippen molar-refractivity contribution in [2.75, 3.05) is 44.2 Å². The Morgan fingerprint density at radius 1 is 1.04 bits per heavy atom. The van der Waals surface area contributed by atoms with Crippen molar-refractivity contribution in [2.45, 2.75) is 13.8 Å². The van der Waals surface area contributed by atoms with Crippen LogP contribution in [0.15, 0.2) is 47.5 Å². The van der Waals surface area contributed by atoms with Crippen molar-refractivity contribution in [1.29, 1.82) is 0 Å². The number of hydrogen-bond acceptors (Lipinski definition) is 5. The smallest absolute Gasteiger partial charge is 0.166 e. The largest absolute Gasteiger partial charge is 0.504 e. The summed E-state index contributed by atoms with van der Waals surface area (Å²) in [6, 6.07) is 13.7. The number of phenols is 1. The summed E-state index contributed by atoms with van der Waals surface area (Å²) in [6.07, 6.45) is 1.67. The zero-order chi connectivity index (χ0) is 18.4. The van der Waals surface area contributed by atoms with Gasteiger partial charge in [0.15, 0.2) is 11.5 Å². The Labute approximate surface area is 155 Å². The van der Waals surface area contributed by atoms with Gasteiger partial charge in [-0.1, -0.05) is 13.0 Å². The molecule has 0 amide bonds. The number of para-hydroxylation sites is 1. The van der Waals surface area contributed by atoms with E-state index in [1.807, 2.05) is 31.2 Å². The van der Waals surface area contributed by atoms with Crippen LogP contribution in [0.25, 0.3) is 0 Å². The number of phenolic OH excluding ortho intramolecular Hbond substituents is 1. The summed E-state index contributed by atoms with van der Waals surface area (Å²) in [5, 5.41) is 10.2. The highest BCUT2D eigenvalue weighted by Gasteiger charge is 2.15. The number of hydrogen-bond donors (Lipinski definition) is 1. The first kappa shape index (κ1) is 18.3. The van der Waals surface area contributed by atoms with Crippen LogP contribution in [0.2, 0.25) is 0 Å². The van der Waals surface area contributed by atoms with Crippen LogP contribution in [-0.2, 0) is 0 Å². The van der Waals surface area contributed by atoms with Crippen molar-refractivity contribution in [3.8, 4) is 11.5 Å². The first-order chi connectivity index (χ1) is 12.7. The maximum atomic E-state index is 10.2. The lowest BCUT2D eigenvalue weighted by Crippen LogP contribution is -2.46. The number of piperazine rings is 1. The topological polar surface area (TPSA) is 48.3 Å². The van der Waals surface area contributed by atoms with E-state index in [0.29, 0.717) is 17.9 Å². The standard InChI is InChI=1S/C21H27N3O2/c1-3-23-12-14-24(15-13-23)19-10-8-18(9-11-19)22-16-17-6-5-7-20(21(17)25)26-4-2/h5-11,16,25H,3-4,12-15H2,1-2H3. The summed E-state index contributed by atoms with van der Waals surface area (Å²) in [7, 11) is 0. The summed E-state index contributed by atoms with van der Waals surface area (Å²) in [5.74, 6) is 0.613. The summed E-state index contributed by atoms with van der Waals surface area (Å²) >= 11 is 0. The van der Waals surface area contributed by atoms with Crippen molar-refractivity contribution in [3.63, 3.8) is 0 Å². The van der Waals surface area contributed by atoms with Gasteiger partial charge in [0, 0.05) is 43.6 Å². The van der Waals surface area contributed by atoms with Gasteiger partial charge in [0.1, 0.15) is 0 Å². The van der Waals surface area contributed by atoms with E-state index in [1.54, 1.807) is 12.3 Å². The molecule has 1 aliphatic rings. The maximum absolute atomic E-state index is 10.2. The molecule has 1 fully saturated rings. The number of aromatic hydroxyl groups is 1. The van der Waals surface area contributed by atoms with Crippen LogP contribution >= 0.6 is 0 Å². The molecule has 2 aromatic carbocycles. The van der Waals surface area contributed by atoms with Crippen molar-refractivity contribution in [1.82, 2.24) is 4.90 Å². The molecule has 1 N–H and O–H groups in total. The molecule has 1 aliphatic heterocycles. The minimum atomic E-state index is 0.128. The SMILES string of the molecule is CCOc1cccc(C=Nc2ccc(N3CCN(CC)CC3)cc2)c1O. The van der Waals surface area contributed by atoms with Crippen molar-refractivity contribution in [2.24, 2.45) is 4.99 Å². The molecule has 1 heterocycles. The number of likely N-dealkylation sites (N-methyl/N-ethyl adjacent to an activating group) is 1. The van der Waals surface area contributed by atoms with Gasteiger partial charge in [0.2, 0.25) is 0 Å². The van der Waals surface area contributed by atoms with Gasteiger partial charge in [-0.3, -0.25) is 4.99 Å². The molecule has 0 unspecified atom stereocenters. The Morgan fingerprint density at radius 2 is 1.77 bits per heavy atom. The summed E-state index contributed by atoms with van der Waals surface area (Å²) in [5.41, 5.74) is 2.75. The Kier molecular flexibility index (Phi) is 6.12. The number of rotatable bonds is 6. The molecule has 0 atom stereocenters. The molecule has 138 valence electrons. The summed E-state index contributed by atoms with van der Waals surface area (Å²) < 4.78 is 5.41. The number of anilines is 1. The van der Waals surface area contributed by atoms with Crippen LogP contribution in [0.4, 0.5) is 11.4 Å². The lowest BCUT2D eigenvalue weighted by Gasteiger charge is -2.35. The van der Waals surface area contributed by atoms with E-state index in [1.165, 1.54) is 5.69 Å². The van der Waals surface area contributed by atoms with Gasteiger partial charge in [0.05, 0.1) is 12.3 Å². The highest BCUT2D eigenvalue weighted by molar-refractivity contribution is 5.86. The van der Waals surface area contributed by atoms with Gasteiger partial charge in [-0.15, -0.1) is 0 Å². The fourth-order valence-electron chi connectivity index (χ4n) is 3.13. The molecule has 1 saturated heterocycles. The van der Waals surface area contributed by atoms with E-state index >= 15 is 0 Å². The minimum absolute atomic E-state index is 0.128. The third-order valence-corrected chi connectivity index (χ3v) is 4.72. The van der Waals surface area contributed by atoms with E-state index < -0.39 is 0 Å². The summed E-state index contributed by atoms with van der Waals surface area (Å²) in [4.78, 5) is 9.37. The van der Waals surface area contributed by atoms with E-state index in [9.17, 15) is 5.11 Å². The molecule has 26 heavy (non-hydrogen) atoms. The fourth-order valence-corrected chi connectivity index (χ4v) is 3.13. The minimum Gasteiger partial charge on any atom is -0.504 e. The second-order valence-electron chi connectivity index (χ2n) is 6.32. The molecule has 0 saturated carbocycles. The zero-order valence-electron chi connectivity index (χ0n) is 15.6. The first-order valence-electron chi connectivity index (χ1n) is 9.27. The monoisotopic (exact) mass is 353 g/mol. The quantitative estimate of drug-likeness (QED) is 0.805. The van der Waals surface area contributed by atoms with Gasteiger partial charge in [-0.05, 0) is 49.9 Å². The Hall–Kier alpha value is -2.53. The van der Waals surface area contributed by atoms with Crippen LogP contribution in [0.1, 0.15) is 19.4 Å². The van der Waals surface area contributed by atoms with E-state index in [-0.39, 0.29) is 5.75 Å². The number of ether oxygens (including phenoxy) is 1. The lowest BCUT2D eigenvalue weighted by atomic mass is 10.2. The molecule has 0 spiro atoms. The van der Waals surface area contributed by atoms with Crippen LogP contribution in [-0.4, -0.2) is 55.6 Å². The van der Waals surface area contributed by atoms with Gasteiger partial charge in [-0.2, -0.15) is 0 Å². The molecule has 5 nitrogen and oxygen atoms in total. The molecule has 3 rings (SSSR count). The Balaban J connectivity index is 1.66. The van der Waals surface area contributed by atoms with E-state index in [4.69, 9.17) is 4.74 Å². The molecular formula is C21H27N3O2. The molecule has 0 bridgehead atoms. The van der Waals surface area contributed by atoms with Crippen molar-refractivity contribution < 1.29 is 9.84 Å². The van der Waals surface area contributed by atoms with Gasteiger partial charge in [0.25, 0.3) is 0 Å². The highest BCUT2D eigenvalue weighted by Crippen LogP contribution is 2.29. The van der Waals surface area contributed by atoms with Crippen LogP contribution in [0.5, 0.6) is 11.5 Å². The molecule has 0 aliphatic carbocycles. The van der Waals surface area contributed by atoms with Crippen LogP contribution in [0.3, 0.4) is 0 Å². The molecule has 5 heteroatoms. The molecule has 0 aromatic heterocycles. The predicted molar refractivity (Wildman–Crippen MR) is 107 cm³/mol. The summed E-state index contributed by atoms with van der Waals surface area (Å²) in [6.45, 7) is 10.1. The first-order valence-corrected chi connectivity index (χ1v) is 9.27. The van der Waals surface area contributed by atoms with Crippen LogP contribution in [0, 0.1) is 0 Å². The van der Waals surface area contributed by atoms with Gasteiger partial charge in [-0.25, -0.2) is 0 Å². The molecular weight excluding hydrogens is 326 g/mol. The number of nitrogens with zero attached hydrogens (tertiary/aromatic N) is 3. The maximum Gasteiger partial charge on any atom is 0.166 e. The zero-order valence-corrected chi connectivity index (χ0v) is 15.6. The van der Waals surface area contributed by atoms with Crippen molar-refractivity contribution >= 4 is 17.6 Å². The van der Waals surface area contributed by atoms with Gasteiger partial charge < -0.3 is 19.6 Å². The Bertz CT molecular complexity index is 735. The predicted octanol–water partition coefficient (Wildman–Crippen LogP) is 3.68. The van der Waals surface area contributed by atoms with Crippen LogP contribution < -0.4 is 9.64 Å². The third-order valence-electron chi connectivity index (χ3n) is 4.72. The van der Waals surface area contributed by atoms with E-state index in [0.717, 1.165) is 38.4 Å². The second-order valence-corrected chi connectivity index (χ2v) is 6.32. The number of aliphatic imine (C=N–C) groups is 1. The lowest BCUT2D eigenvalue weighted by molar-refractivity contribution is 0.271. The highest BCUT2D eigenvalue weighted by atomic mass is 16.5. The second kappa shape index (κ2) is 8.72. The van der Waals surface area contributed by atoms with Gasteiger partial charge >= 0.3 is 0 Å². The van der Waals surface area contributed by atoms with Crippen molar-refractivity contribution in [3.05, 3.63) is 48.0 Å². The molecule has 0 radical (unpaired) electrons. The number of benzene rings is 2.